The van der Waals surface area contributed by atoms with E-state index in [4.69, 9.17) is 5.73 Å². The molecule has 0 amide bonds. The lowest BCUT2D eigenvalue weighted by atomic mass is 10.2. The predicted octanol–water partition coefficient (Wildman–Crippen LogP) is 3.61. The molecular weight excluding hydrogens is 190 g/mol. The van der Waals surface area contributed by atoms with Crippen LogP contribution in [-0.4, -0.2) is 5.25 Å². The molecule has 1 aromatic rings. The molecule has 0 heterocycles. The maximum absolute atomic E-state index is 5.88. The number of nitrogen functional groups attached to an aromatic ring is 1. The largest absolute Gasteiger partial charge is 0.398 e. The Bertz CT molecular complexity index is 316. The highest BCUT2D eigenvalue weighted by Crippen LogP contribution is 2.37. The molecule has 1 fully saturated rings. The molecule has 0 bridgehead atoms. The van der Waals surface area contributed by atoms with Crippen molar-refractivity contribution < 1.29 is 0 Å². The third-order valence-electron chi connectivity index (χ3n) is 2.92. The highest BCUT2D eigenvalue weighted by Gasteiger charge is 2.17. The van der Waals surface area contributed by atoms with Crippen LogP contribution in [0.15, 0.2) is 23.1 Å². The van der Waals surface area contributed by atoms with Crippen LogP contribution in [0, 0.1) is 6.92 Å². The van der Waals surface area contributed by atoms with Crippen molar-refractivity contribution in [1.29, 1.82) is 0 Å². The van der Waals surface area contributed by atoms with Crippen LogP contribution in [0.25, 0.3) is 0 Å². The van der Waals surface area contributed by atoms with Gasteiger partial charge in [-0.05, 0) is 37.5 Å². The highest BCUT2D eigenvalue weighted by molar-refractivity contribution is 8.00. The molecule has 1 aliphatic carbocycles. The molecule has 76 valence electrons. The average molecular weight is 207 g/mol. The number of nitrogens with two attached hydrogens (primary N) is 1. The van der Waals surface area contributed by atoms with E-state index in [1.165, 1.54) is 36.1 Å². The van der Waals surface area contributed by atoms with E-state index in [0.717, 1.165) is 10.9 Å². The van der Waals surface area contributed by atoms with E-state index >= 15 is 0 Å². The predicted molar refractivity (Wildman–Crippen MR) is 63.7 cm³/mol. The quantitative estimate of drug-likeness (QED) is 0.750. The lowest BCUT2D eigenvalue weighted by Crippen LogP contribution is -1.96. The first-order valence-corrected chi connectivity index (χ1v) is 6.17. The molecular formula is C12H17NS. The zero-order valence-electron chi connectivity index (χ0n) is 8.62. The Balaban J connectivity index is 2.11. The van der Waals surface area contributed by atoms with Gasteiger partial charge in [-0.3, -0.25) is 0 Å². The summed E-state index contributed by atoms with van der Waals surface area (Å²) < 4.78 is 0. The molecule has 2 N–H and O–H groups in total. The van der Waals surface area contributed by atoms with Crippen molar-refractivity contribution in [3.05, 3.63) is 23.8 Å². The lowest BCUT2D eigenvalue weighted by molar-refractivity contribution is 0.886. The maximum atomic E-state index is 5.88. The van der Waals surface area contributed by atoms with Gasteiger partial charge in [0.25, 0.3) is 0 Å². The minimum Gasteiger partial charge on any atom is -0.398 e. The minimum absolute atomic E-state index is 0.829. The van der Waals surface area contributed by atoms with Crippen molar-refractivity contribution in [3.8, 4) is 0 Å². The second-order valence-electron chi connectivity index (χ2n) is 3.99. The second kappa shape index (κ2) is 4.26. The van der Waals surface area contributed by atoms with Gasteiger partial charge in [-0.15, -0.1) is 11.8 Å². The molecule has 1 aliphatic rings. The molecule has 1 aromatic carbocycles. The van der Waals surface area contributed by atoms with E-state index in [1.807, 2.05) is 17.8 Å². The van der Waals surface area contributed by atoms with Gasteiger partial charge in [0.1, 0.15) is 0 Å². The standard InChI is InChI=1S/C12H17NS/c1-9-11(13)7-4-8-12(9)14-10-5-2-3-6-10/h4,7-8,10H,2-3,5-6,13H2,1H3. The molecule has 1 saturated carbocycles. The molecule has 0 atom stereocenters. The van der Waals surface area contributed by atoms with E-state index in [9.17, 15) is 0 Å². The molecule has 0 aliphatic heterocycles. The number of rotatable bonds is 2. The monoisotopic (exact) mass is 207 g/mol. The van der Waals surface area contributed by atoms with Crippen LogP contribution < -0.4 is 5.73 Å². The molecule has 2 heteroatoms. The van der Waals surface area contributed by atoms with Crippen LogP contribution in [0.4, 0.5) is 5.69 Å². The summed E-state index contributed by atoms with van der Waals surface area (Å²) in [5.41, 5.74) is 8.06. The highest BCUT2D eigenvalue weighted by atomic mass is 32.2. The molecule has 0 unspecified atom stereocenters. The van der Waals surface area contributed by atoms with E-state index < -0.39 is 0 Å². The lowest BCUT2D eigenvalue weighted by Gasteiger charge is -2.12. The zero-order chi connectivity index (χ0) is 9.97. The molecule has 0 spiro atoms. The van der Waals surface area contributed by atoms with E-state index in [-0.39, 0.29) is 0 Å². The summed E-state index contributed by atoms with van der Waals surface area (Å²) in [6.07, 6.45) is 5.55. The summed E-state index contributed by atoms with van der Waals surface area (Å²) in [5.74, 6) is 0. The van der Waals surface area contributed by atoms with Gasteiger partial charge in [0.15, 0.2) is 0 Å². The summed E-state index contributed by atoms with van der Waals surface area (Å²) >= 11 is 2.01. The molecule has 0 aromatic heterocycles. The molecule has 2 rings (SSSR count). The average Bonchev–Trinajstić information content (AvgIpc) is 2.66. The van der Waals surface area contributed by atoms with Crippen LogP contribution in [0.2, 0.25) is 0 Å². The molecule has 14 heavy (non-hydrogen) atoms. The number of hydrogen-bond acceptors (Lipinski definition) is 2. The normalized spacial score (nSPS) is 17.5. The smallest absolute Gasteiger partial charge is 0.0354 e. The SMILES string of the molecule is Cc1c(N)cccc1SC1CCCC1. The topological polar surface area (TPSA) is 26.0 Å². The van der Waals surface area contributed by atoms with Crippen molar-refractivity contribution in [2.45, 2.75) is 42.8 Å². The summed E-state index contributed by atoms with van der Waals surface area (Å²) in [7, 11) is 0. The van der Waals surface area contributed by atoms with Crippen LogP contribution in [-0.2, 0) is 0 Å². The first-order chi connectivity index (χ1) is 6.77. The molecule has 0 saturated heterocycles. The van der Waals surface area contributed by atoms with E-state index in [2.05, 4.69) is 19.1 Å². The van der Waals surface area contributed by atoms with Gasteiger partial charge >= 0.3 is 0 Å². The van der Waals surface area contributed by atoms with E-state index in [1.54, 1.807) is 0 Å². The van der Waals surface area contributed by atoms with Crippen LogP contribution in [0.1, 0.15) is 31.2 Å². The van der Waals surface area contributed by atoms with Crippen molar-refractivity contribution in [1.82, 2.24) is 0 Å². The van der Waals surface area contributed by atoms with Gasteiger partial charge in [-0.1, -0.05) is 18.9 Å². The fraction of sp³-hybridized carbons (Fsp3) is 0.500. The van der Waals surface area contributed by atoms with Gasteiger partial charge in [0.05, 0.1) is 0 Å². The number of hydrogen-bond donors (Lipinski definition) is 1. The number of thioether (sulfide) groups is 1. The minimum atomic E-state index is 0.829. The van der Waals surface area contributed by atoms with Crippen molar-refractivity contribution in [2.24, 2.45) is 0 Å². The van der Waals surface area contributed by atoms with Gasteiger partial charge in [-0.2, -0.15) is 0 Å². The third-order valence-corrected chi connectivity index (χ3v) is 4.42. The van der Waals surface area contributed by atoms with E-state index in [0.29, 0.717) is 0 Å². The maximum Gasteiger partial charge on any atom is 0.0354 e. The Morgan fingerprint density at radius 2 is 2.00 bits per heavy atom. The van der Waals surface area contributed by atoms with Crippen molar-refractivity contribution in [3.63, 3.8) is 0 Å². The first kappa shape index (κ1) is 9.91. The van der Waals surface area contributed by atoms with Crippen LogP contribution in [0.5, 0.6) is 0 Å². The van der Waals surface area contributed by atoms with Crippen LogP contribution in [0.3, 0.4) is 0 Å². The zero-order valence-corrected chi connectivity index (χ0v) is 9.44. The number of anilines is 1. The van der Waals surface area contributed by atoms with Gasteiger partial charge < -0.3 is 5.73 Å². The Kier molecular flexibility index (Phi) is 3.02. The van der Waals surface area contributed by atoms with Crippen molar-refractivity contribution in [2.75, 3.05) is 5.73 Å². The Morgan fingerprint density at radius 3 is 2.71 bits per heavy atom. The summed E-state index contributed by atoms with van der Waals surface area (Å²) in [4.78, 5) is 1.37. The van der Waals surface area contributed by atoms with Gasteiger partial charge in [0.2, 0.25) is 0 Å². The van der Waals surface area contributed by atoms with Gasteiger partial charge in [0, 0.05) is 15.8 Å². The third kappa shape index (κ3) is 2.06. The summed E-state index contributed by atoms with van der Waals surface area (Å²) in [5, 5.41) is 0.829. The number of benzene rings is 1. The molecule has 0 radical (unpaired) electrons. The second-order valence-corrected chi connectivity index (χ2v) is 5.34. The summed E-state index contributed by atoms with van der Waals surface area (Å²) in [6.45, 7) is 2.12. The first-order valence-electron chi connectivity index (χ1n) is 5.29. The Morgan fingerprint density at radius 1 is 1.29 bits per heavy atom. The Hall–Kier alpha value is -0.630. The van der Waals surface area contributed by atoms with Crippen LogP contribution >= 0.6 is 11.8 Å². The fourth-order valence-electron chi connectivity index (χ4n) is 1.94. The molecule has 1 nitrogen and oxygen atoms in total. The fourth-order valence-corrected chi connectivity index (χ4v) is 3.32. The summed E-state index contributed by atoms with van der Waals surface area (Å²) in [6, 6.07) is 6.22. The Labute approximate surface area is 90.1 Å². The van der Waals surface area contributed by atoms with Gasteiger partial charge in [-0.25, -0.2) is 0 Å². The van der Waals surface area contributed by atoms with Crippen molar-refractivity contribution >= 4 is 17.4 Å².